The maximum Gasteiger partial charge on any atom is 0.160 e. The Bertz CT molecular complexity index is 2260. The second kappa shape index (κ2) is 10.1. The first kappa shape index (κ1) is 25.1. The number of aromatic nitrogens is 2. The number of hydrogen-bond acceptors (Lipinski definition) is 3. The first-order valence-corrected chi connectivity index (χ1v) is 15.8. The molecular formula is C41H26N2S. The van der Waals surface area contributed by atoms with Crippen molar-refractivity contribution < 1.29 is 0 Å². The molecular weight excluding hydrogens is 553 g/mol. The Labute approximate surface area is 260 Å². The SMILES string of the molecule is c1ccc(-c2cc(-c3ccc(C4c5ccccc5-c5c4ccc4c5sc5ccccc54)cc3)nc(-c3ccccc3)n2)cc1. The van der Waals surface area contributed by atoms with Gasteiger partial charge in [-0.05, 0) is 34.4 Å². The lowest BCUT2D eigenvalue weighted by Crippen LogP contribution is -2.00. The number of fused-ring (bicyclic) bond motifs is 7. The van der Waals surface area contributed by atoms with Crippen molar-refractivity contribution in [1.29, 1.82) is 0 Å². The van der Waals surface area contributed by atoms with Gasteiger partial charge in [-0.25, -0.2) is 9.97 Å². The van der Waals surface area contributed by atoms with E-state index in [-0.39, 0.29) is 5.92 Å². The average Bonchev–Trinajstić information content (AvgIpc) is 3.65. The van der Waals surface area contributed by atoms with Gasteiger partial charge in [0.05, 0.1) is 11.4 Å². The third kappa shape index (κ3) is 4.01. The first-order chi connectivity index (χ1) is 21.8. The average molecular weight is 579 g/mol. The van der Waals surface area contributed by atoms with Crippen molar-refractivity contribution in [2.24, 2.45) is 0 Å². The van der Waals surface area contributed by atoms with Gasteiger partial charge in [0.1, 0.15) is 0 Å². The second-order valence-corrected chi connectivity index (χ2v) is 12.4. The van der Waals surface area contributed by atoms with Gasteiger partial charge < -0.3 is 0 Å². The van der Waals surface area contributed by atoms with Crippen LogP contribution in [0.1, 0.15) is 22.6 Å². The summed E-state index contributed by atoms with van der Waals surface area (Å²) in [5.74, 6) is 0.923. The molecule has 2 aromatic heterocycles. The van der Waals surface area contributed by atoms with Crippen LogP contribution in [0, 0.1) is 0 Å². The highest BCUT2D eigenvalue weighted by Crippen LogP contribution is 2.53. The maximum atomic E-state index is 5.04. The highest BCUT2D eigenvalue weighted by Gasteiger charge is 2.32. The molecule has 0 aliphatic heterocycles. The number of hydrogen-bond donors (Lipinski definition) is 0. The van der Waals surface area contributed by atoms with Crippen LogP contribution in [0.15, 0.2) is 152 Å². The number of benzene rings is 6. The highest BCUT2D eigenvalue weighted by molar-refractivity contribution is 7.26. The zero-order chi connectivity index (χ0) is 29.0. The minimum absolute atomic E-state index is 0.190. The predicted molar refractivity (Wildman–Crippen MR) is 184 cm³/mol. The molecule has 0 radical (unpaired) electrons. The molecule has 8 aromatic rings. The van der Waals surface area contributed by atoms with Gasteiger partial charge in [-0.2, -0.15) is 0 Å². The number of thiophene rings is 1. The summed E-state index contributed by atoms with van der Waals surface area (Å²) in [4.78, 5) is 10.0. The quantitative estimate of drug-likeness (QED) is 0.208. The predicted octanol–water partition coefficient (Wildman–Crippen LogP) is 11.0. The lowest BCUT2D eigenvalue weighted by molar-refractivity contribution is 1.02. The minimum Gasteiger partial charge on any atom is -0.228 e. The summed E-state index contributed by atoms with van der Waals surface area (Å²) in [6.07, 6.45) is 0. The zero-order valence-electron chi connectivity index (χ0n) is 23.8. The molecule has 0 fully saturated rings. The normalized spacial score (nSPS) is 13.7. The van der Waals surface area contributed by atoms with Crippen LogP contribution in [0.25, 0.3) is 65.2 Å². The van der Waals surface area contributed by atoms with Crippen LogP contribution >= 0.6 is 11.3 Å². The van der Waals surface area contributed by atoms with Crippen LogP contribution in [0.5, 0.6) is 0 Å². The Morgan fingerprint density at radius 3 is 1.89 bits per heavy atom. The van der Waals surface area contributed by atoms with Crippen molar-refractivity contribution in [1.82, 2.24) is 9.97 Å². The van der Waals surface area contributed by atoms with Crippen LogP contribution in [0.2, 0.25) is 0 Å². The molecule has 0 bridgehead atoms. The third-order valence-electron chi connectivity index (χ3n) is 8.80. The summed E-state index contributed by atoms with van der Waals surface area (Å²) in [6, 6.07) is 54.1. The standard InChI is InChI=1S/C41H26N2S/c1-3-11-26(12-4-1)35-25-36(43-41(42-35)29-13-5-2-6-14-29)27-19-21-28(22-20-27)38-31-16-7-8-17-32(31)39-34(38)24-23-33-30-15-9-10-18-37(30)44-40(33)39/h1-25,38H. The molecule has 1 unspecified atom stereocenters. The van der Waals surface area contributed by atoms with Crippen molar-refractivity contribution in [2.45, 2.75) is 5.92 Å². The fourth-order valence-corrected chi connectivity index (χ4v) is 8.01. The molecule has 3 heteroatoms. The lowest BCUT2D eigenvalue weighted by Gasteiger charge is -2.15. The first-order valence-electron chi connectivity index (χ1n) is 15.0. The van der Waals surface area contributed by atoms with Gasteiger partial charge in [0, 0.05) is 48.3 Å². The molecule has 206 valence electrons. The Kier molecular flexibility index (Phi) is 5.78. The Hall–Kier alpha value is -5.38. The van der Waals surface area contributed by atoms with E-state index in [1.165, 1.54) is 48.0 Å². The smallest absolute Gasteiger partial charge is 0.160 e. The summed E-state index contributed by atoms with van der Waals surface area (Å²) in [5, 5.41) is 2.69. The molecule has 2 nitrogen and oxygen atoms in total. The Morgan fingerprint density at radius 1 is 0.477 bits per heavy atom. The van der Waals surface area contributed by atoms with Crippen LogP contribution < -0.4 is 0 Å². The van der Waals surface area contributed by atoms with E-state index < -0.39 is 0 Å². The molecule has 0 N–H and O–H groups in total. The fourth-order valence-electron chi connectivity index (χ4n) is 6.74. The van der Waals surface area contributed by atoms with Crippen molar-refractivity contribution in [3.8, 4) is 45.0 Å². The Morgan fingerprint density at radius 2 is 1.11 bits per heavy atom. The third-order valence-corrected chi connectivity index (χ3v) is 10.0. The van der Waals surface area contributed by atoms with E-state index in [0.29, 0.717) is 0 Å². The van der Waals surface area contributed by atoms with E-state index in [2.05, 4.69) is 127 Å². The van der Waals surface area contributed by atoms with Crippen LogP contribution in [-0.2, 0) is 0 Å². The fraction of sp³-hybridized carbons (Fsp3) is 0.0244. The largest absolute Gasteiger partial charge is 0.228 e. The number of rotatable bonds is 4. The van der Waals surface area contributed by atoms with Gasteiger partial charge in [0.15, 0.2) is 5.82 Å². The molecule has 1 aliphatic rings. The van der Waals surface area contributed by atoms with Crippen molar-refractivity contribution in [2.75, 3.05) is 0 Å². The zero-order valence-corrected chi connectivity index (χ0v) is 24.6. The molecule has 1 atom stereocenters. The summed E-state index contributed by atoms with van der Waals surface area (Å²) in [5.41, 5.74) is 11.8. The molecule has 0 saturated heterocycles. The molecule has 44 heavy (non-hydrogen) atoms. The van der Waals surface area contributed by atoms with Crippen LogP contribution in [0.3, 0.4) is 0 Å². The van der Waals surface area contributed by atoms with Gasteiger partial charge in [-0.3, -0.25) is 0 Å². The van der Waals surface area contributed by atoms with E-state index in [0.717, 1.165) is 33.9 Å². The molecule has 0 amide bonds. The summed E-state index contributed by atoms with van der Waals surface area (Å²) >= 11 is 1.91. The van der Waals surface area contributed by atoms with Gasteiger partial charge >= 0.3 is 0 Å². The molecule has 2 heterocycles. The maximum absolute atomic E-state index is 5.04. The van der Waals surface area contributed by atoms with Gasteiger partial charge in [0.2, 0.25) is 0 Å². The molecule has 0 spiro atoms. The summed E-state index contributed by atoms with van der Waals surface area (Å²) < 4.78 is 2.73. The highest BCUT2D eigenvalue weighted by atomic mass is 32.1. The van der Waals surface area contributed by atoms with Gasteiger partial charge in [0.25, 0.3) is 0 Å². The van der Waals surface area contributed by atoms with Crippen molar-refractivity contribution >= 4 is 31.5 Å². The van der Waals surface area contributed by atoms with E-state index in [9.17, 15) is 0 Å². The van der Waals surface area contributed by atoms with Crippen molar-refractivity contribution in [3.05, 3.63) is 168 Å². The molecule has 1 aliphatic carbocycles. The molecule has 9 rings (SSSR count). The second-order valence-electron chi connectivity index (χ2n) is 11.3. The van der Waals surface area contributed by atoms with Crippen molar-refractivity contribution in [3.63, 3.8) is 0 Å². The lowest BCUT2D eigenvalue weighted by atomic mass is 9.88. The summed E-state index contributed by atoms with van der Waals surface area (Å²) in [6.45, 7) is 0. The van der Waals surface area contributed by atoms with Crippen LogP contribution in [0.4, 0.5) is 0 Å². The Balaban J connectivity index is 1.17. The van der Waals surface area contributed by atoms with E-state index in [4.69, 9.17) is 9.97 Å². The summed E-state index contributed by atoms with van der Waals surface area (Å²) in [7, 11) is 0. The topological polar surface area (TPSA) is 25.8 Å². The minimum atomic E-state index is 0.190. The van der Waals surface area contributed by atoms with Gasteiger partial charge in [-0.15, -0.1) is 11.3 Å². The van der Waals surface area contributed by atoms with E-state index >= 15 is 0 Å². The number of nitrogens with zero attached hydrogens (tertiary/aromatic N) is 2. The molecule has 0 saturated carbocycles. The van der Waals surface area contributed by atoms with E-state index in [1.54, 1.807) is 0 Å². The van der Waals surface area contributed by atoms with Gasteiger partial charge in [-0.1, -0.05) is 140 Å². The molecule has 6 aromatic carbocycles. The monoisotopic (exact) mass is 578 g/mol. The van der Waals surface area contributed by atoms with Crippen LogP contribution in [-0.4, -0.2) is 9.97 Å². The van der Waals surface area contributed by atoms with E-state index in [1.807, 2.05) is 35.6 Å².